The first-order valence-electron chi connectivity index (χ1n) is 9.31. The second-order valence-corrected chi connectivity index (χ2v) is 6.35. The fourth-order valence-corrected chi connectivity index (χ4v) is 2.33. The van der Waals surface area contributed by atoms with Gasteiger partial charge in [-0.3, -0.25) is 0 Å². The Labute approximate surface area is 174 Å². The largest absolute Gasteiger partial charge is 0.475 e. The summed E-state index contributed by atoms with van der Waals surface area (Å²) < 4.78 is 8.28. The minimum atomic E-state index is -0.340. The van der Waals surface area contributed by atoms with Gasteiger partial charge < -0.3 is 9.57 Å². The van der Waals surface area contributed by atoms with E-state index in [0.29, 0.717) is 29.4 Å². The van der Waals surface area contributed by atoms with Crippen LogP contribution in [0.5, 0.6) is 0 Å². The van der Waals surface area contributed by atoms with E-state index < -0.39 is 0 Å². The number of oxime groups is 1. The van der Waals surface area contributed by atoms with Gasteiger partial charge in [0.1, 0.15) is 6.61 Å². The molecule has 0 aliphatic heterocycles. The molecular weight excluding hydrogens is 386 g/mol. The van der Waals surface area contributed by atoms with Gasteiger partial charge >= 0.3 is 5.69 Å². The number of nitrogens with zero attached hydrogens (tertiary/aromatic N) is 7. The van der Waals surface area contributed by atoms with E-state index in [1.54, 1.807) is 27.0 Å². The quantitative estimate of drug-likeness (QED) is 0.217. The zero-order chi connectivity index (χ0) is 22.1. The third-order valence-corrected chi connectivity index (χ3v) is 4.21. The first-order chi connectivity index (χ1) is 14.4. The van der Waals surface area contributed by atoms with Crippen LogP contribution in [-0.4, -0.2) is 43.7 Å². The van der Waals surface area contributed by atoms with Gasteiger partial charge in [-0.05, 0) is 42.8 Å². The van der Waals surface area contributed by atoms with E-state index in [1.807, 2.05) is 26.0 Å². The highest BCUT2D eigenvalue weighted by Gasteiger charge is 2.14. The van der Waals surface area contributed by atoms with Crippen LogP contribution in [0.4, 0.5) is 0 Å². The van der Waals surface area contributed by atoms with Crippen LogP contribution in [0.3, 0.4) is 0 Å². The smallest absolute Gasteiger partial charge is 0.368 e. The first kappa shape index (κ1) is 22.5. The van der Waals surface area contributed by atoms with E-state index in [9.17, 15) is 4.79 Å². The molecule has 0 saturated carbocycles. The number of hydrogen-bond acceptors (Lipinski definition) is 8. The van der Waals surface area contributed by atoms with E-state index in [0.717, 1.165) is 11.1 Å². The van der Waals surface area contributed by atoms with Crippen LogP contribution in [0.2, 0.25) is 0 Å². The molecule has 30 heavy (non-hydrogen) atoms. The maximum absolute atomic E-state index is 12.2. The third kappa shape index (κ3) is 5.64. The highest BCUT2D eigenvalue weighted by molar-refractivity contribution is 6.40. The van der Waals surface area contributed by atoms with Gasteiger partial charge in [0, 0.05) is 19.0 Å². The molecule has 0 atom stereocenters. The highest BCUT2D eigenvalue weighted by atomic mass is 16.6. The predicted molar refractivity (Wildman–Crippen MR) is 115 cm³/mol. The van der Waals surface area contributed by atoms with Crippen molar-refractivity contribution in [3.63, 3.8) is 0 Å². The Morgan fingerprint density at radius 3 is 2.63 bits per heavy atom. The van der Waals surface area contributed by atoms with Crippen molar-refractivity contribution in [2.24, 2.45) is 22.4 Å². The van der Waals surface area contributed by atoms with Crippen molar-refractivity contribution in [3.8, 4) is 18.0 Å². The summed E-state index contributed by atoms with van der Waals surface area (Å²) in [4.78, 5) is 17.2. The molecule has 2 aromatic rings. The third-order valence-electron chi connectivity index (χ3n) is 4.21. The molecule has 0 aliphatic carbocycles. The first-order valence-corrected chi connectivity index (χ1v) is 9.31. The number of hydrogen-bond donors (Lipinski definition) is 0. The van der Waals surface area contributed by atoms with Crippen molar-refractivity contribution >= 4 is 17.3 Å². The maximum Gasteiger partial charge on any atom is 0.368 e. The molecule has 0 amide bonds. The Bertz CT molecular complexity index is 1070. The number of benzene rings is 1. The number of aromatic nitrogens is 4. The van der Waals surface area contributed by atoms with Crippen LogP contribution in [0.1, 0.15) is 38.3 Å². The molecule has 10 nitrogen and oxygen atoms in total. The minimum absolute atomic E-state index is 0.0881. The fraction of sp³-hybridized carbons (Fsp3) is 0.400. The lowest BCUT2D eigenvalue weighted by Crippen LogP contribution is -2.23. The molecule has 0 saturated heterocycles. The molecule has 0 bridgehead atoms. The summed E-state index contributed by atoms with van der Waals surface area (Å²) in [5, 5.41) is 19.9. The van der Waals surface area contributed by atoms with Crippen LogP contribution in [0.25, 0.3) is 5.69 Å². The van der Waals surface area contributed by atoms with Gasteiger partial charge in [-0.2, -0.15) is 14.5 Å². The standard InChI is InChI=1S/C20H25N7O3/c1-7-12-30-23-16(5)15(4)21-22-19(8-2)29-13-17-14(3)10-9-11-18(17)27-20(28)26(6)24-25-27/h1,9-11H,8,12-13H2,2-6H3/b21-15?,22-19+,23-16?. The summed E-state index contributed by atoms with van der Waals surface area (Å²) >= 11 is 0. The topological polar surface area (TPSA) is 108 Å². The lowest BCUT2D eigenvalue weighted by Gasteiger charge is -2.13. The van der Waals surface area contributed by atoms with E-state index >= 15 is 0 Å². The Morgan fingerprint density at radius 1 is 1.23 bits per heavy atom. The molecule has 0 unspecified atom stereocenters. The molecule has 0 fully saturated rings. The molecule has 2 rings (SSSR count). The fourth-order valence-electron chi connectivity index (χ4n) is 2.33. The van der Waals surface area contributed by atoms with Crippen LogP contribution in [-0.2, 0) is 23.2 Å². The van der Waals surface area contributed by atoms with Crippen molar-refractivity contribution in [1.29, 1.82) is 0 Å². The molecule has 0 N–H and O–H groups in total. The van der Waals surface area contributed by atoms with Crippen molar-refractivity contribution in [1.82, 2.24) is 19.8 Å². The highest BCUT2D eigenvalue weighted by Crippen LogP contribution is 2.18. The Kier molecular flexibility index (Phi) is 8.05. The predicted octanol–water partition coefficient (Wildman–Crippen LogP) is 2.00. The Morgan fingerprint density at radius 2 is 2.00 bits per heavy atom. The molecule has 1 aromatic carbocycles. The SMILES string of the molecule is C#CCON=C(C)C(C)=N/N=C(\CC)OCc1c(C)cccc1-n1nnn(C)c1=O. The van der Waals surface area contributed by atoms with Gasteiger partial charge in [-0.1, -0.05) is 30.1 Å². The van der Waals surface area contributed by atoms with Gasteiger partial charge in [0.2, 0.25) is 5.90 Å². The summed E-state index contributed by atoms with van der Waals surface area (Å²) in [6.07, 6.45) is 5.65. The van der Waals surface area contributed by atoms with E-state index in [2.05, 4.69) is 31.7 Å². The number of ether oxygens (including phenoxy) is 1. The summed E-state index contributed by atoms with van der Waals surface area (Å²) in [6, 6.07) is 5.58. The van der Waals surface area contributed by atoms with E-state index in [-0.39, 0.29) is 18.9 Å². The molecule has 1 aromatic heterocycles. The van der Waals surface area contributed by atoms with E-state index in [1.165, 1.54) is 9.36 Å². The minimum Gasteiger partial charge on any atom is -0.475 e. The maximum atomic E-state index is 12.2. The Hall–Kier alpha value is -3.74. The van der Waals surface area contributed by atoms with Gasteiger partial charge in [0.25, 0.3) is 0 Å². The average Bonchev–Trinajstić information content (AvgIpc) is 3.07. The van der Waals surface area contributed by atoms with Crippen molar-refractivity contribution in [3.05, 3.63) is 39.8 Å². The number of aryl methyl sites for hydroxylation is 2. The summed E-state index contributed by atoms with van der Waals surface area (Å²) in [7, 11) is 1.54. The monoisotopic (exact) mass is 411 g/mol. The molecule has 1 heterocycles. The molecule has 0 radical (unpaired) electrons. The number of tetrazole rings is 1. The van der Waals surface area contributed by atoms with Crippen LogP contribution in [0, 0.1) is 19.3 Å². The molecule has 158 valence electrons. The summed E-state index contributed by atoms with van der Waals surface area (Å²) in [5.74, 6) is 2.77. The summed E-state index contributed by atoms with van der Waals surface area (Å²) in [6.45, 7) is 7.64. The van der Waals surface area contributed by atoms with Gasteiger partial charge in [-0.25, -0.2) is 4.79 Å². The van der Waals surface area contributed by atoms with Gasteiger partial charge in [0.15, 0.2) is 6.61 Å². The second kappa shape index (κ2) is 10.7. The van der Waals surface area contributed by atoms with Crippen molar-refractivity contribution in [2.75, 3.05) is 6.61 Å². The van der Waals surface area contributed by atoms with Gasteiger partial charge in [-0.15, -0.1) is 11.5 Å². The molecule has 10 heteroatoms. The van der Waals surface area contributed by atoms with Crippen LogP contribution in [0.15, 0.2) is 38.4 Å². The molecule has 0 aliphatic rings. The lowest BCUT2D eigenvalue weighted by molar-refractivity contribution is 0.180. The zero-order valence-electron chi connectivity index (χ0n) is 17.8. The summed E-state index contributed by atoms with van der Waals surface area (Å²) in [5.41, 5.74) is 3.17. The molecule has 0 spiro atoms. The average molecular weight is 411 g/mol. The van der Waals surface area contributed by atoms with Gasteiger partial charge in [0.05, 0.1) is 17.1 Å². The van der Waals surface area contributed by atoms with Crippen molar-refractivity contribution < 1.29 is 9.57 Å². The lowest BCUT2D eigenvalue weighted by atomic mass is 10.1. The number of rotatable bonds is 8. The second-order valence-electron chi connectivity index (χ2n) is 6.35. The van der Waals surface area contributed by atoms with Crippen molar-refractivity contribution in [2.45, 2.75) is 40.7 Å². The van der Waals surface area contributed by atoms with E-state index in [4.69, 9.17) is 16.0 Å². The Balaban J connectivity index is 2.21. The van der Waals surface area contributed by atoms with Crippen LogP contribution < -0.4 is 5.69 Å². The zero-order valence-corrected chi connectivity index (χ0v) is 17.8. The number of terminal acetylenes is 1. The normalized spacial score (nSPS) is 12.6. The van der Waals surface area contributed by atoms with Crippen LogP contribution >= 0.6 is 0 Å². The molecular formula is C20H25N7O3.